The predicted octanol–water partition coefficient (Wildman–Crippen LogP) is 3.26. The molecule has 3 nitrogen and oxygen atoms in total. The summed E-state index contributed by atoms with van der Waals surface area (Å²) in [6.07, 6.45) is 0. The van der Waals surface area contributed by atoms with Gasteiger partial charge in [-0.1, -0.05) is 43.3 Å². The van der Waals surface area contributed by atoms with Crippen LogP contribution < -0.4 is 10.2 Å². The second-order valence-electron chi connectivity index (χ2n) is 6.31. The summed E-state index contributed by atoms with van der Waals surface area (Å²) in [5.74, 6) is -0.119. The number of benzene rings is 2. The van der Waals surface area contributed by atoms with E-state index in [1.54, 1.807) is 6.07 Å². The number of halogens is 1. The zero-order valence-electron chi connectivity index (χ0n) is 14.3. The van der Waals surface area contributed by atoms with Crippen LogP contribution in [0.15, 0.2) is 48.5 Å². The van der Waals surface area contributed by atoms with Crippen LogP contribution in [-0.2, 0) is 13.1 Å². The lowest BCUT2D eigenvalue weighted by Gasteiger charge is -2.30. The summed E-state index contributed by atoms with van der Waals surface area (Å²) < 4.78 is 14.2. The van der Waals surface area contributed by atoms with Gasteiger partial charge < -0.3 is 10.2 Å². The van der Waals surface area contributed by atoms with Gasteiger partial charge in [0.15, 0.2) is 0 Å². The molecule has 0 amide bonds. The number of hydrogen-bond acceptors (Lipinski definition) is 3. The minimum atomic E-state index is -0.119. The van der Waals surface area contributed by atoms with Crippen molar-refractivity contribution in [2.75, 3.05) is 37.6 Å². The topological polar surface area (TPSA) is 18.5 Å². The molecule has 3 rings (SSSR count). The van der Waals surface area contributed by atoms with Crippen molar-refractivity contribution < 1.29 is 4.39 Å². The molecule has 1 fully saturated rings. The van der Waals surface area contributed by atoms with Gasteiger partial charge in [-0.15, -0.1) is 0 Å². The van der Waals surface area contributed by atoms with Gasteiger partial charge >= 0.3 is 0 Å². The molecule has 128 valence electrons. The quantitative estimate of drug-likeness (QED) is 0.878. The van der Waals surface area contributed by atoms with Crippen molar-refractivity contribution in [2.24, 2.45) is 0 Å². The third-order valence-electron chi connectivity index (χ3n) is 4.57. The largest absolute Gasteiger partial charge is 0.367 e. The summed E-state index contributed by atoms with van der Waals surface area (Å²) in [6, 6.07) is 16.0. The van der Waals surface area contributed by atoms with E-state index in [4.69, 9.17) is 0 Å². The van der Waals surface area contributed by atoms with Gasteiger partial charge in [0, 0.05) is 39.3 Å². The second-order valence-corrected chi connectivity index (χ2v) is 6.31. The Bertz CT molecular complexity index is 639. The average Bonchev–Trinajstić information content (AvgIpc) is 2.64. The molecule has 0 radical (unpaired) electrons. The van der Waals surface area contributed by atoms with E-state index in [0.29, 0.717) is 0 Å². The van der Waals surface area contributed by atoms with Crippen LogP contribution in [0, 0.1) is 5.82 Å². The first kappa shape index (κ1) is 16.9. The van der Waals surface area contributed by atoms with Crippen molar-refractivity contribution in [3.05, 3.63) is 65.5 Å². The molecule has 0 aromatic heterocycles. The lowest BCUT2D eigenvalue weighted by atomic mass is 10.1. The first-order chi connectivity index (χ1) is 11.8. The van der Waals surface area contributed by atoms with Crippen LogP contribution in [0.4, 0.5) is 10.1 Å². The lowest BCUT2D eigenvalue weighted by Crippen LogP contribution is -2.43. The first-order valence-corrected chi connectivity index (χ1v) is 8.76. The SMILES string of the molecule is CCN(Cc1ccccc1)Cc1ccc(F)c(N2CCNCC2)c1. The number of nitrogens with zero attached hydrogens (tertiary/aromatic N) is 2. The highest BCUT2D eigenvalue weighted by Crippen LogP contribution is 2.22. The molecule has 1 aliphatic heterocycles. The molecule has 24 heavy (non-hydrogen) atoms. The number of rotatable bonds is 6. The fraction of sp³-hybridized carbons (Fsp3) is 0.400. The van der Waals surface area contributed by atoms with Crippen LogP contribution >= 0.6 is 0 Å². The van der Waals surface area contributed by atoms with Crippen LogP contribution in [0.2, 0.25) is 0 Å². The Labute approximate surface area is 144 Å². The van der Waals surface area contributed by atoms with E-state index < -0.39 is 0 Å². The maximum Gasteiger partial charge on any atom is 0.146 e. The highest BCUT2D eigenvalue weighted by atomic mass is 19.1. The summed E-state index contributed by atoms with van der Waals surface area (Å²) in [6.45, 7) is 8.45. The molecule has 4 heteroatoms. The minimum absolute atomic E-state index is 0.119. The van der Waals surface area contributed by atoms with Gasteiger partial charge in [-0.25, -0.2) is 4.39 Å². The van der Waals surface area contributed by atoms with Gasteiger partial charge in [-0.2, -0.15) is 0 Å². The van der Waals surface area contributed by atoms with Crippen molar-refractivity contribution in [1.82, 2.24) is 10.2 Å². The average molecular weight is 327 g/mol. The lowest BCUT2D eigenvalue weighted by molar-refractivity contribution is 0.271. The molecule has 0 spiro atoms. The van der Waals surface area contributed by atoms with Crippen LogP contribution in [0.3, 0.4) is 0 Å². The first-order valence-electron chi connectivity index (χ1n) is 8.76. The number of anilines is 1. The number of piperazine rings is 1. The van der Waals surface area contributed by atoms with E-state index in [1.807, 2.05) is 18.2 Å². The van der Waals surface area contributed by atoms with Crippen LogP contribution in [0.1, 0.15) is 18.1 Å². The highest BCUT2D eigenvalue weighted by molar-refractivity contribution is 5.50. The predicted molar refractivity (Wildman–Crippen MR) is 97.7 cm³/mol. The van der Waals surface area contributed by atoms with Crippen LogP contribution in [0.25, 0.3) is 0 Å². The molecule has 1 heterocycles. The van der Waals surface area contributed by atoms with Gasteiger partial charge in [0.2, 0.25) is 0 Å². The van der Waals surface area contributed by atoms with E-state index in [9.17, 15) is 4.39 Å². The van der Waals surface area contributed by atoms with Crippen molar-refractivity contribution in [3.63, 3.8) is 0 Å². The zero-order chi connectivity index (χ0) is 16.8. The molecule has 2 aromatic carbocycles. The van der Waals surface area contributed by atoms with Gasteiger partial charge in [0.1, 0.15) is 5.82 Å². The molecule has 1 N–H and O–H groups in total. The molecule has 1 saturated heterocycles. The van der Waals surface area contributed by atoms with Crippen molar-refractivity contribution >= 4 is 5.69 Å². The van der Waals surface area contributed by atoms with Crippen molar-refractivity contribution in [2.45, 2.75) is 20.0 Å². The Balaban J connectivity index is 1.71. The Morgan fingerprint density at radius 1 is 1.00 bits per heavy atom. The van der Waals surface area contributed by atoms with E-state index in [2.05, 4.69) is 46.3 Å². The standard InChI is InChI=1S/C20H26FN3/c1-2-23(15-17-6-4-3-5-7-17)16-18-8-9-19(21)20(14-18)24-12-10-22-11-13-24/h3-9,14,22H,2,10-13,15-16H2,1H3. The van der Waals surface area contributed by atoms with Gasteiger partial charge in [0.25, 0.3) is 0 Å². The number of hydrogen-bond donors (Lipinski definition) is 1. The molecule has 0 unspecified atom stereocenters. The second kappa shape index (κ2) is 8.27. The van der Waals surface area contributed by atoms with Gasteiger partial charge in [-0.05, 0) is 29.8 Å². The van der Waals surface area contributed by atoms with E-state index in [1.165, 1.54) is 11.1 Å². The van der Waals surface area contributed by atoms with E-state index >= 15 is 0 Å². The minimum Gasteiger partial charge on any atom is -0.367 e. The third kappa shape index (κ3) is 4.34. The number of nitrogens with one attached hydrogen (secondary N) is 1. The smallest absolute Gasteiger partial charge is 0.146 e. The Morgan fingerprint density at radius 3 is 2.42 bits per heavy atom. The van der Waals surface area contributed by atoms with Crippen molar-refractivity contribution in [1.29, 1.82) is 0 Å². The van der Waals surface area contributed by atoms with E-state index in [0.717, 1.165) is 51.5 Å². The zero-order valence-corrected chi connectivity index (χ0v) is 14.3. The van der Waals surface area contributed by atoms with E-state index in [-0.39, 0.29) is 5.82 Å². The van der Waals surface area contributed by atoms with Crippen molar-refractivity contribution in [3.8, 4) is 0 Å². The molecular weight excluding hydrogens is 301 g/mol. The highest BCUT2D eigenvalue weighted by Gasteiger charge is 2.15. The third-order valence-corrected chi connectivity index (χ3v) is 4.57. The Morgan fingerprint density at radius 2 is 1.71 bits per heavy atom. The molecule has 2 aromatic rings. The maximum absolute atomic E-state index is 14.2. The van der Waals surface area contributed by atoms with Gasteiger partial charge in [-0.3, -0.25) is 4.90 Å². The molecule has 0 aliphatic carbocycles. The van der Waals surface area contributed by atoms with Crippen LogP contribution in [-0.4, -0.2) is 37.6 Å². The monoisotopic (exact) mass is 327 g/mol. The fourth-order valence-electron chi connectivity index (χ4n) is 3.18. The normalized spacial score (nSPS) is 15.0. The molecular formula is C20H26FN3. The van der Waals surface area contributed by atoms with Crippen LogP contribution in [0.5, 0.6) is 0 Å². The summed E-state index contributed by atoms with van der Waals surface area (Å²) >= 11 is 0. The molecule has 0 bridgehead atoms. The van der Waals surface area contributed by atoms with Gasteiger partial charge in [0.05, 0.1) is 5.69 Å². The summed E-state index contributed by atoms with van der Waals surface area (Å²) in [7, 11) is 0. The summed E-state index contributed by atoms with van der Waals surface area (Å²) in [4.78, 5) is 4.52. The fourth-order valence-corrected chi connectivity index (χ4v) is 3.18. The molecule has 1 aliphatic rings. The summed E-state index contributed by atoms with van der Waals surface area (Å²) in [5, 5.41) is 3.31. The Hall–Kier alpha value is -1.91. The Kier molecular flexibility index (Phi) is 5.83. The molecule has 0 saturated carbocycles. The maximum atomic E-state index is 14.2. The summed E-state index contributed by atoms with van der Waals surface area (Å²) in [5.41, 5.74) is 3.22. The molecule has 0 atom stereocenters.